The SMILES string of the molecule is Cc1cccc(N(C)c2ccc(F)cc2CCl)c1. The highest BCUT2D eigenvalue weighted by Gasteiger charge is 2.09. The smallest absolute Gasteiger partial charge is 0.123 e. The standard InChI is InChI=1S/C15H15ClFN/c1-11-4-3-5-14(8-11)18(2)15-7-6-13(17)9-12(15)10-16/h3-9H,10H2,1-2H3. The molecule has 3 heteroatoms. The maximum absolute atomic E-state index is 13.2. The minimum Gasteiger partial charge on any atom is -0.344 e. The van der Waals surface area contributed by atoms with Crippen molar-refractivity contribution >= 4 is 23.0 Å². The Hall–Kier alpha value is -1.54. The highest BCUT2D eigenvalue weighted by atomic mass is 35.5. The summed E-state index contributed by atoms with van der Waals surface area (Å²) in [6.45, 7) is 2.05. The summed E-state index contributed by atoms with van der Waals surface area (Å²) in [6.07, 6.45) is 0. The molecule has 0 aliphatic rings. The van der Waals surface area contributed by atoms with Gasteiger partial charge in [-0.1, -0.05) is 12.1 Å². The predicted molar refractivity (Wildman–Crippen MR) is 75.2 cm³/mol. The summed E-state index contributed by atoms with van der Waals surface area (Å²) in [5.41, 5.74) is 3.97. The van der Waals surface area contributed by atoms with Crippen LogP contribution in [-0.2, 0) is 5.88 Å². The summed E-state index contributed by atoms with van der Waals surface area (Å²) in [6, 6.07) is 12.9. The fourth-order valence-electron chi connectivity index (χ4n) is 1.96. The van der Waals surface area contributed by atoms with Crippen molar-refractivity contribution in [3.63, 3.8) is 0 Å². The molecule has 0 aromatic heterocycles. The van der Waals surface area contributed by atoms with Gasteiger partial charge in [0.25, 0.3) is 0 Å². The minimum absolute atomic E-state index is 0.257. The molecule has 0 atom stereocenters. The molecule has 1 nitrogen and oxygen atoms in total. The molecule has 0 amide bonds. The molecule has 0 spiro atoms. The average molecular weight is 264 g/mol. The lowest BCUT2D eigenvalue weighted by molar-refractivity contribution is 0.626. The van der Waals surface area contributed by atoms with E-state index in [9.17, 15) is 4.39 Å². The van der Waals surface area contributed by atoms with Gasteiger partial charge in [0.15, 0.2) is 0 Å². The molecule has 0 heterocycles. The molecular formula is C15H15ClFN. The van der Waals surface area contributed by atoms with Crippen LogP contribution in [0.3, 0.4) is 0 Å². The number of halogens is 2. The van der Waals surface area contributed by atoms with Gasteiger partial charge in [-0.3, -0.25) is 0 Å². The third kappa shape index (κ3) is 2.65. The van der Waals surface area contributed by atoms with Crippen molar-refractivity contribution in [2.24, 2.45) is 0 Å². The Morgan fingerprint density at radius 1 is 1.17 bits per heavy atom. The van der Waals surface area contributed by atoms with Gasteiger partial charge in [-0.05, 0) is 48.4 Å². The van der Waals surface area contributed by atoms with E-state index in [2.05, 4.69) is 6.07 Å². The summed E-state index contributed by atoms with van der Waals surface area (Å²) in [7, 11) is 1.96. The van der Waals surface area contributed by atoms with Crippen molar-refractivity contribution in [1.82, 2.24) is 0 Å². The zero-order valence-corrected chi connectivity index (χ0v) is 11.2. The number of hydrogen-bond donors (Lipinski definition) is 0. The molecule has 0 aliphatic carbocycles. The summed E-state index contributed by atoms with van der Waals surface area (Å²) in [5.74, 6) is 0.0375. The minimum atomic E-state index is -0.257. The molecule has 0 unspecified atom stereocenters. The van der Waals surface area contributed by atoms with E-state index in [1.54, 1.807) is 6.07 Å². The molecule has 0 bridgehead atoms. The van der Waals surface area contributed by atoms with Crippen molar-refractivity contribution in [3.05, 3.63) is 59.4 Å². The summed E-state index contributed by atoms with van der Waals surface area (Å²) < 4.78 is 13.2. The molecule has 0 radical (unpaired) electrons. The Labute approximate surface area is 112 Å². The molecule has 0 saturated carbocycles. The van der Waals surface area contributed by atoms with Crippen LogP contribution in [0.2, 0.25) is 0 Å². The Morgan fingerprint density at radius 3 is 2.61 bits per heavy atom. The maximum atomic E-state index is 13.2. The maximum Gasteiger partial charge on any atom is 0.123 e. The first-order valence-electron chi connectivity index (χ1n) is 5.76. The number of aryl methyl sites for hydroxylation is 1. The Morgan fingerprint density at radius 2 is 1.94 bits per heavy atom. The average Bonchev–Trinajstić information content (AvgIpc) is 2.37. The highest BCUT2D eigenvalue weighted by Crippen LogP contribution is 2.29. The van der Waals surface area contributed by atoms with Gasteiger partial charge in [0.2, 0.25) is 0 Å². The molecule has 0 aliphatic heterocycles. The van der Waals surface area contributed by atoms with Gasteiger partial charge >= 0.3 is 0 Å². The molecule has 94 valence electrons. The topological polar surface area (TPSA) is 3.24 Å². The van der Waals surface area contributed by atoms with Crippen LogP contribution in [0, 0.1) is 12.7 Å². The van der Waals surface area contributed by atoms with Crippen LogP contribution in [0.15, 0.2) is 42.5 Å². The van der Waals surface area contributed by atoms with E-state index >= 15 is 0 Å². The second-order valence-electron chi connectivity index (χ2n) is 4.30. The molecule has 18 heavy (non-hydrogen) atoms. The van der Waals surface area contributed by atoms with Crippen LogP contribution < -0.4 is 4.90 Å². The Kier molecular flexibility index (Phi) is 3.87. The number of anilines is 2. The molecule has 2 rings (SSSR count). The monoisotopic (exact) mass is 263 g/mol. The lowest BCUT2D eigenvalue weighted by Gasteiger charge is -2.22. The molecule has 0 N–H and O–H groups in total. The fraction of sp³-hybridized carbons (Fsp3) is 0.200. The fourth-order valence-corrected chi connectivity index (χ4v) is 2.18. The quantitative estimate of drug-likeness (QED) is 0.729. The van der Waals surface area contributed by atoms with E-state index in [1.807, 2.05) is 37.1 Å². The van der Waals surface area contributed by atoms with Crippen molar-refractivity contribution in [2.75, 3.05) is 11.9 Å². The van der Waals surface area contributed by atoms with E-state index in [4.69, 9.17) is 11.6 Å². The molecule has 2 aromatic rings. The second kappa shape index (κ2) is 5.40. The van der Waals surface area contributed by atoms with E-state index in [1.165, 1.54) is 17.7 Å². The summed E-state index contributed by atoms with van der Waals surface area (Å²) in [5, 5.41) is 0. The zero-order valence-electron chi connectivity index (χ0n) is 10.5. The number of rotatable bonds is 3. The second-order valence-corrected chi connectivity index (χ2v) is 4.57. The highest BCUT2D eigenvalue weighted by molar-refractivity contribution is 6.17. The van der Waals surface area contributed by atoms with Crippen LogP contribution in [-0.4, -0.2) is 7.05 Å². The Balaban J connectivity index is 2.42. The van der Waals surface area contributed by atoms with Crippen molar-refractivity contribution < 1.29 is 4.39 Å². The first-order valence-corrected chi connectivity index (χ1v) is 6.30. The Bertz CT molecular complexity index is 554. The third-order valence-corrected chi connectivity index (χ3v) is 3.22. The molecule has 2 aromatic carbocycles. The largest absolute Gasteiger partial charge is 0.344 e. The molecule has 0 fully saturated rings. The van der Waals surface area contributed by atoms with Gasteiger partial charge in [-0.2, -0.15) is 0 Å². The van der Waals surface area contributed by atoms with Crippen molar-refractivity contribution in [1.29, 1.82) is 0 Å². The summed E-state index contributed by atoms with van der Waals surface area (Å²) >= 11 is 5.87. The number of nitrogens with zero attached hydrogens (tertiary/aromatic N) is 1. The number of alkyl halides is 1. The van der Waals surface area contributed by atoms with Crippen LogP contribution >= 0.6 is 11.6 Å². The van der Waals surface area contributed by atoms with E-state index in [-0.39, 0.29) is 5.82 Å². The van der Waals surface area contributed by atoms with Gasteiger partial charge < -0.3 is 4.90 Å². The lowest BCUT2D eigenvalue weighted by Crippen LogP contribution is -2.11. The van der Waals surface area contributed by atoms with Crippen LogP contribution in [0.25, 0.3) is 0 Å². The van der Waals surface area contributed by atoms with Gasteiger partial charge in [-0.25, -0.2) is 4.39 Å². The zero-order chi connectivity index (χ0) is 13.1. The first-order chi connectivity index (χ1) is 8.61. The lowest BCUT2D eigenvalue weighted by atomic mass is 10.1. The van der Waals surface area contributed by atoms with Gasteiger partial charge in [0.1, 0.15) is 5.82 Å². The number of benzene rings is 2. The van der Waals surface area contributed by atoms with Crippen LogP contribution in [0.5, 0.6) is 0 Å². The van der Waals surface area contributed by atoms with Gasteiger partial charge in [-0.15, -0.1) is 11.6 Å². The third-order valence-electron chi connectivity index (χ3n) is 2.94. The predicted octanol–water partition coefficient (Wildman–Crippen LogP) is 4.64. The summed E-state index contributed by atoms with van der Waals surface area (Å²) in [4.78, 5) is 2.02. The van der Waals surface area contributed by atoms with E-state index < -0.39 is 0 Å². The molecule has 0 saturated heterocycles. The normalized spacial score (nSPS) is 10.4. The van der Waals surface area contributed by atoms with Crippen molar-refractivity contribution in [3.8, 4) is 0 Å². The van der Waals surface area contributed by atoms with E-state index in [0.29, 0.717) is 5.88 Å². The molecular weight excluding hydrogens is 249 g/mol. The van der Waals surface area contributed by atoms with Crippen molar-refractivity contribution in [2.45, 2.75) is 12.8 Å². The van der Waals surface area contributed by atoms with Gasteiger partial charge in [0.05, 0.1) is 0 Å². The number of hydrogen-bond acceptors (Lipinski definition) is 1. The first kappa shape index (κ1) is 12.9. The van der Waals surface area contributed by atoms with Crippen LogP contribution in [0.4, 0.5) is 15.8 Å². The van der Waals surface area contributed by atoms with Gasteiger partial charge in [0, 0.05) is 24.3 Å². The van der Waals surface area contributed by atoms with E-state index in [0.717, 1.165) is 16.9 Å². The van der Waals surface area contributed by atoms with Crippen LogP contribution in [0.1, 0.15) is 11.1 Å².